The molecule has 0 saturated carbocycles. The third-order valence-corrected chi connectivity index (χ3v) is 3.77. The van der Waals surface area contributed by atoms with E-state index in [1.165, 1.54) is 30.3 Å². The van der Waals surface area contributed by atoms with E-state index >= 15 is 0 Å². The highest BCUT2D eigenvalue weighted by atomic mass is 19.4. The van der Waals surface area contributed by atoms with Crippen molar-refractivity contribution in [1.29, 1.82) is 0 Å². The highest BCUT2D eigenvalue weighted by Gasteiger charge is 2.34. The van der Waals surface area contributed by atoms with Gasteiger partial charge in [0.15, 0.2) is 0 Å². The molecule has 0 atom stereocenters. The lowest BCUT2D eigenvalue weighted by molar-refractivity contribution is -0.137. The van der Waals surface area contributed by atoms with Gasteiger partial charge in [0.2, 0.25) is 0 Å². The fourth-order valence-electron chi connectivity index (χ4n) is 2.48. The van der Waals surface area contributed by atoms with Crippen molar-refractivity contribution in [3.8, 4) is 0 Å². The second kappa shape index (κ2) is 6.62. The summed E-state index contributed by atoms with van der Waals surface area (Å²) in [6.45, 7) is -0.280. The van der Waals surface area contributed by atoms with Crippen molar-refractivity contribution in [3.63, 3.8) is 0 Å². The van der Waals surface area contributed by atoms with E-state index in [0.717, 1.165) is 23.1 Å². The van der Waals surface area contributed by atoms with Crippen LogP contribution in [0.2, 0.25) is 0 Å². The number of halogens is 4. The Morgan fingerprint density at radius 2 is 1.77 bits per heavy atom. The van der Waals surface area contributed by atoms with E-state index in [1.54, 1.807) is 6.07 Å². The zero-order valence-electron chi connectivity index (χ0n) is 13.2. The summed E-state index contributed by atoms with van der Waals surface area (Å²) in [6, 6.07) is 9.26. The van der Waals surface area contributed by atoms with Crippen molar-refractivity contribution in [2.45, 2.75) is 12.7 Å². The molecule has 0 aromatic heterocycles. The predicted octanol–water partition coefficient (Wildman–Crippen LogP) is 3.94. The molecule has 1 saturated heterocycles. The van der Waals surface area contributed by atoms with E-state index in [4.69, 9.17) is 0 Å². The van der Waals surface area contributed by atoms with E-state index in [2.05, 4.69) is 5.32 Å². The number of nitrogens with zero attached hydrogens (tertiary/aromatic N) is 1. The largest absolute Gasteiger partial charge is 0.416 e. The summed E-state index contributed by atoms with van der Waals surface area (Å²) >= 11 is 0. The van der Waals surface area contributed by atoms with E-state index < -0.39 is 29.5 Å². The van der Waals surface area contributed by atoms with E-state index in [-0.39, 0.29) is 23.4 Å². The Kier molecular flexibility index (Phi) is 4.50. The summed E-state index contributed by atoms with van der Waals surface area (Å²) in [7, 11) is 0. The number of carbonyl (C=O) groups excluding carboxylic acids is 2. The molecule has 0 radical (unpaired) electrons. The molecule has 3 rings (SSSR count). The Hall–Kier alpha value is -3.16. The topological polar surface area (TPSA) is 49.4 Å². The lowest BCUT2D eigenvalue weighted by atomic mass is 10.1. The molecule has 26 heavy (non-hydrogen) atoms. The van der Waals surface area contributed by atoms with E-state index in [1.807, 2.05) is 0 Å². The predicted molar refractivity (Wildman–Crippen MR) is 84.9 cm³/mol. The summed E-state index contributed by atoms with van der Waals surface area (Å²) in [5.41, 5.74) is -0.787. The average molecular weight is 364 g/mol. The number of amides is 3. The van der Waals surface area contributed by atoms with Gasteiger partial charge in [-0.2, -0.15) is 13.2 Å². The lowest BCUT2D eigenvalue weighted by Crippen LogP contribution is -2.30. The molecule has 134 valence electrons. The van der Waals surface area contributed by atoms with Gasteiger partial charge in [0, 0.05) is 5.56 Å². The monoisotopic (exact) mass is 364 g/mol. The first-order valence-electron chi connectivity index (χ1n) is 7.51. The second-order valence-electron chi connectivity index (χ2n) is 5.59. The average Bonchev–Trinajstić information content (AvgIpc) is 2.84. The van der Waals surface area contributed by atoms with Crippen LogP contribution >= 0.6 is 0 Å². The van der Waals surface area contributed by atoms with Gasteiger partial charge in [-0.3, -0.25) is 9.69 Å². The van der Waals surface area contributed by atoms with Crippen molar-refractivity contribution < 1.29 is 27.2 Å². The fraction of sp³-hybridized carbons (Fsp3) is 0.111. The Bertz CT molecular complexity index is 906. The summed E-state index contributed by atoms with van der Waals surface area (Å²) in [5.74, 6) is -1.31. The molecule has 0 spiro atoms. The molecular formula is C18H12F4N2O2. The van der Waals surface area contributed by atoms with Crippen LogP contribution in [0.1, 0.15) is 16.7 Å². The molecule has 0 unspecified atom stereocenters. The SMILES string of the molecule is O=C1N/C(=C/c2cccc(C(F)(F)F)c2)C(=O)N1Cc1ccccc1F. The number of rotatable bonds is 3. The van der Waals surface area contributed by atoms with Crippen LogP contribution in [0.15, 0.2) is 54.2 Å². The van der Waals surface area contributed by atoms with Gasteiger partial charge in [0.05, 0.1) is 12.1 Å². The number of benzene rings is 2. The van der Waals surface area contributed by atoms with Crippen molar-refractivity contribution in [2.24, 2.45) is 0 Å². The molecule has 3 amide bonds. The number of carbonyl (C=O) groups is 2. The Morgan fingerprint density at radius 1 is 1.04 bits per heavy atom. The van der Waals surface area contributed by atoms with Crippen LogP contribution in [-0.2, 0) is 17.5 Å². The maximum absolute atomic E-state index is 13.7. The molecule has 1 aliphatic heterocycles. The van der Waals surface area contributed by atoms with Crippen LogP contribution in [0.5, 0.6) is 0 Å². The maximum atomic E-state index is 13.7. The van der Waals surface area contributed by atoms with Crippen molar-refractivity contribution >= 4 is 18.0 Å². The third kappa shape index (κ3) is 3.58. The van der Waals surface area contributed by atoms with Crippen LogP contribution in [0.3, 0.4) is 0 Å². The number of alkyl halides is 3. The molecule has 4 nitrogen and oxygen atoms in total. The van der Waals surface area contributed by atoms with Crippen LogP contribution in [0.4, 0.5) is 22.4 Å². The molecule has 8 heteroatoms. The smallest absolute Gasteiger partial charge is 0.303 e. The van der Waals surface area contributed by atoms with Crippen LogP contribution in [0.25, 0.3) is 6.08 Å². The molecule has 0 bridgehead atoms. The molecule has 1 heterocycles. The first kappa shape index (κ1) is 17.7. The van der Waals surface area contributed by atoms with E-state index in [0.29, 0.717) is 0 Å². The van der Waals surface area contributed by atoms with Crippen LogP contribution in [0, 0.1) is 5.82 Å². The van der Waals surface area contributed by atoms with Gasteiger partial charge in [0.25, 0.3) is 5.91 Å². The van der Waals surface area contributed by atoms with Gasteiger partial charge in [-0.05, 0) is 29.8 Å². The standard InChI is InChI=1S/C18H12F4N2O2/c19-14-7-2-1-5-12(14)10-24-16(25)15(23-17(24)26)9-11-4-3-6-13(8-11)18(20,21)22/h1-9H,10H2,(H,23,26)/b15-9+. The minimum Gasteiger partial charge on any atom is -0.303 e. The zero-order valence-corrected chi connectivity index (χ0v) is 13.2. The quantitative estimate of drug-likeness (QED) is 0.510. The van der Waals surface area contributed by atoms with Gasteiger partial charge in [-0.1, -0.05) is 30.3 Å². The molecule has 1 N–H and O–H groups in total. The van der Waals surface area contributed by atoms with Gasteiger partial charge >= 0.3 is 12.2 Å². The van der Waals surface area contributed by atoms with Crippen LogP contribution in [-0.4, -0.2) is 16.8 Å². The van der Waals surface area contributed by atoms with Gasteiger partial charge in [-0.15, -0.1) is 0 Å². The number of hydrogen-bond acceptors (Lipinski definition) is 2. The number of hydrogen-bond donors (Lipinski definition) is 1. The lowest BCUT2D eigenvalue weighted by Gasteiger charge is -2.12. The zero-order chi connectivity index (χ0) is 18.9. The Morgan fingerprint density at radius 3 is 2.46 bits per heavy atom. The van der Waals surface area contributed by atoms with Crippen molar-refractivity contribution in [1.82, 2.24) is 10.2 Å². The number of urea groups is 1. The Labute approximate surface area is 145 Å². The maximum Gasteiger partial charge on any atom is 0.416 e. The molecule has 2 aromatic carbocycles. The number of nitrogens with one attached hydrogen (secondary N) is 1. The molecule has 2 aromatic rings. The molecular weight excluding hydrogens is 352 g/mol. The first-order valence-corrected chi connectivity index (χ1v) is 7.51. The highest BCUT2D eigenvalue weighted by molar-refractivity contribution is 6.13. The van der Waals surface area contributed by atoms with Gasteiger partial charge < -0.3 is 5.32 Å². The summed E-state index contributed by atoms with van der Waals surface area (Å²) in [4.78, 5) is 25.1. The fourth-order valence-corrected chi connectivity index (χ4v) is 2.48. The summed E-state index contributed by atoms with van der Waals surface area (Å²) in [5, 5.41) is 2.29. The second-order valence-corrected chi connectivity index (χ2v) is 5.59. The molecule has 1 fully saturated rings. The van der Waals surface area contributed by atoms with E-state index in [9.17, 15) is 27.2 Å². The van der Waals surface area contributed by atoms with Gasteiger partial charge in [-0.25, -0.2) is 9.18 Å². The van der Waals surface area contributed by atoms with Crippen molar-refractivity contribution in [3.05, 3.63) is 76.7 Å². The minimum atomic E-state index is -4.52. The first-order chi connectivity index (χ1) is 12.3. The normalized spacial score (nSPS) is 16.3. The number of imide groups is 1. The Balaban J connectivity index is 1.85. The highest BCUT2D eigenvalue weighted by Crippen LogP contribution is 2.30. The minimum absolute atomic E-state index is 0.108. The van der Waals surface area contributed by atoms with Crippen molar-refractivity contribution in [2.75, 3.05) is 0 Å². The third-order valence-electron chi connectivity index (χ3n) is 3.77. The summed E-state index contributed by atoms with van der Waals surface area (Å²) in [6.07, 6.45) is -3.37. The van der Waals surface area contributed by atoms with Gasteiger partial charge in [0.1, 0.15) is 11.5 Å². The summed E-state index contributed by atoms with van der Waals surface area (Å²) < 4.78 is 52.0. The molecule has 0 aliphatic carbocycles. The van der Waals surface area contributed by atoms with Crippen LogP contribution < -0.4 is 5.32 Å². The molecule has 1 aliphatic rings.